The van der Waals surface area contributed by atoms with Gasteiger partial charge in [-0.05, 0) is 61.5 Å². The minimum Gasteiger partial charge on any atom is -0.375 e. The van der Waals surface area contributed by atoms with Crippen LogP contribution in [0, 0.1) is 17.8 Å². The highest BCUT2D eigenvalue weighted by Crippen LogP contribution is 2.37. The third kappa shape index (κ3) is 4.38. The maximum atomic E-state index is 6.19. The highest BCUT2D eigenvalue weighted by Gasteiger charge is 2.38. The fourth-order valence-corrected chi connectivity index (χ4v) is 5.07. The van der Waals surface area contributed by atoms with Crippen molar-refractivity contribution >= 4 is 11.8 Å². The van der Waals surface area contributed by atoms with Gasteiger partial charge in [0.1, 0.15) is 0 Å². The van der Waals surface area contributed by atoms with Crippen molar-refractivity contribution in [2.75, 3.05) is 24.7 Å². The van der Waals surface area contributed by atoms with Crippen molar-refractivity contribution in [2.24, 2.45) is 17.8 Å². The molecule has 118 valence electrons. The Morgan fingerprint density at radius 1 is 1.15 bits per heavy atom. The first-order valence-electron chi connectivity index (χ1n) is 8.47. The molecule has 20 heavy (non-hydrogen) atoms. The zero-order valence-electron chi connectivity index (χ0n) is 13.8. The van der Waals surface area contributed by atoms with Crippen molar-refractivity contribution < 1.29 is 4.74 Å². The van der Waals surface area contributed by atoms with Crippen LogP contribution in [0.1, 0.15) is 53.4 Å². The van der Waals surface area contributed by atoms with Gasteiger partial charge in [0.25, 0.3) is 0 Å². The van der Waals surface area contributed by atoms with E-state index in [4.69, 9.17) is 4.74 Å². The molecule has 0 aromatic rings. The predicted molar refractivity (Wildman–Crippen MR) is 89.4 cm³/mol. The molecule has 0 aromatic carbocycles. The second-order valence-corrected chi connectivity index (χ2v) is 8.62. The molecular formula is C17H33NOS. The van der Waals surface area contributed by atoms with E-state index in [9.17, 15) is 0 Å². The molecule has 0 saturated carbocycles. The summed E-state index contributed by atoms with van der Waals surface area (Å²) in [7, 11) is 0. The van der Waals surface area contributed by atoms with Gasteiger partial charge in [-0.25, -0.2) is 0 Å². The number of hydrogen-bond donors (Lipinski definition) is 1. The number of hydrogen-bond acceptors (Lipinski definition) is 3. The molecule has 0 aromatic heterocycles. The average molecular weight is 300 g/mol. The van der Waals surface area contributed by atoms with E-state index in [-0.39, 0.29) is 5.60 Å². The fourth-order valence-electron chi connectivity index (χ4n) is 3.84. The topological polar surface area (TPSA) is 21.3 Å². The Hall–Kier alpha value is 0.270. The quantitative estimate of drug-likeness (QED) is 0.830. The van der Waals surface area contributed by atoms with Gasteiger partial charge in [-0.3, -0.25) is 0 Å². The van der Waals surface area contributed by atoms with E-state index < -0.39 is 0 Å². The lowest BCUT2D eigenvalue weighted by molar-refractivity contribution is -0.0936. The van der Waals surface area contributed by atoms with Gasteiger partial charge in [0, 0.05) is 12.6 Å². The monoisotopic (exact) mass is 299 g/mol. The molecule has 1 atom stereocenters. The first kappa shape index (κ1) is 16.6. The van der Waals surface area contributed by atoms with Crippen LogP contribution in [0.3, 0.4) is 0 Å². The van der Waals surface area contributed by atoms with E-state index in [0.717, 1.165) is 24.4 Å². The summed E-state index contributed by atoms with van der Waals surface area (Å²) in [6.45, 7) is 11.6. The van der Waals surface area contributed by atoms with Crippen LogP contribution >= 0.6 is 11.8 Å². The minimum atomic E-state index is 0.215. The molecule has 1 N–H and O–H groups in total. The molecule has 2 saturated heterocycles. The van der Waals surface area contributed by atoms with Crippen LogP contribution in [0.4, 0.5) is 0 Å². The SMILES string of the molecule is CC(C)C(CNC1CCOC2(CCSCC2)C1)C(C)C. The van der Waals surface area contributed by atoms with Gasteiger partial charge in [-0.1, -0.05) is 27.7 Å². The highest BCUT2D eigenvalue weighted by atomic mass is 32.2. The molecule has 1 spiro atoms. The number of thioether (sulfide) groups is 1. The molecule has 0 aliphatic carbocycles. The zero-order chi connectivity index (χ0) is 14.6. The van der Waals surface area contributed by atoms with Gasteiger partial charge in [-0.15, -0.1) is 0 Å². The summed E-state index contributed by atoms with van der Waals surface area (Å²) in [6, 6.07) is 0.673. The number of ether oxygens (including phenoxy) is 1. The van der Waals surface area contributed by atoms with E-state index in [1.807, 2.05) is 0 Å². The minimum absolute atomic E-state index is 0.215. The van der Waals surface area contributed by atoms with Crippen molar-refractivity contribution in [1.82, 2.24) is 5.32 Å². The van der Waals surface area contributed by atoms with Gasteiger partial charge in [-0.2, -0.15) is 11.8 Å². The molecule has 0 bridgehead atoms. The summed E-state index contributed by atoms with van der Waals surface area (Å²) in [4.78, 5) is 0. The summed E-state index contributed by atoms with van der Waals surface area (Å²) in [6.07, 6.45) is 4.94. The summed E-state index contributed by atoms with van der Waals surface area (Å²) < 4.78 is 6.19. The van der Waals surface area contributed by atoms with Crippen LogP contribution in [-0.2, 0) is 4.74 Å². The second-order valence-electron chi connectivity index (χ2n) is 7.39. The van der Waals surface area contributed by atoms with Gasteiger partial charge in [0.2, 0.25) is 0 Å². The maximum absolute atomic E-state index is 6.19. The summed E-state index contributed by atoms with van der Waals surface area (Å²) in [5.74, 6) is 4.89. The van der Waals surface area contributed by atoms with Gasteiger partial charge in [0.05, 0.1) is 5.60 Å². The van der Waals surface area contributed by atoms with E-state index in [1.54, 1.807) is 0 Å². The van der Waals surface area contributed by atoms with Crippen molar-refractivity contribution in [3.63, 3.8) is 0 Å². The number of nitrogens with one attached hydrogen (secondary N) is 1. The van der Waals surface area contributed by atoms with Gasteiger partial charge >= 0.3 is 0 Å². The van der Waals surface area contributed by atoms with Crippen LogP contribution in [0.2, 0.25) is 0 Å². The molecule has 2 heterocycles. The van der Waals surface area contributed by atoms with Crippen LogP contribution in [-0.4, -0.2) is 36.3 Å². The Kier molecular flexibility index (Phi) is 6.25. The molecule has 2 rings (SSSR count). The molecule has 3 heteroatoms. The summed E-state index contributed by atoms with van der Waals surface area (Å²) >= 11 is 2.09. The average Bonchev–Trinajstić information content (AvgIpc) is 2.39. The van der Waals surface area contributed by atoms with Crippen LogP contribution in [0.25, 0.3) is 0 Å². The van der Waals surface area contributed by atoms with E-state index in [1.165, 1.54) is 43.7 Å². The highest BCUT2D eigenvalue weighted by molar-refractivity contribution is 7.99. The van der Waals surface area contributed by atoms with Gasteiger partial charge in [0.15, 0.2) is 0 Å². The summed E-state index contributed by atoms with van der Waals surface area (Å²) in [5, 5.41) is 3.87. The zero-order valence-corrected chi connectivity index (χ0v) is 14.6. The molecule has 2 aliphatic rings. The summed E-state index contributed by atoms with van der Waals surface area (Å²) in [5.41, 5.74) is 0.215. The Labute approximate surface area is 129 Å². The van der Waals surface area contributed by atoms with E-state index >= 15 is 0 Å². The molecule has 1 unspecified atom stereocenters. The first-order chi connectivity index (χ1) is 9.52. The Bertz CT molecular complexity index is 273. The van der Waals surface area contributed by atoms with Crippen molar-refractivity contribution in [1.29, 1.82) is 0 Å². The smallest absolute Gasteiger partial charge is 0.0713 e. The van der Waals surface area contributed by atoms with Crippen LogP contribution in [0.15, 0.2) is 0 Å². The third-order valence-corrected chi connectivity index (χ3v) is 6.24. The van der Waals surface area contributed by atoms with Crippen molar-refractivity contribution in [2.45, 2.75) is 65.0 Å². The van der Waals surface area contributed by atoms with E-state index in [0.29, 0.717) is 6.04 Å². The lowest BCUT2D eigenvalue weighted by Gasteiger charge is -2.44. The molecule has 2 nitrogen and oxygen atoms in total. The van der Waals surface area contributed by atoms with Crippen molar-refractivity contribution in [3.8, 4) is 0 Å². The molecule has 0 radical (unpaired) electrons. The molecule has 2 aliphatic heterocycles. The Morgan fingerprint density at radius 2 is 1.80 bits per heavy atom. The molecular weight excluding hydrogens is 266 g/mol. The largest absolute Gasteiger partial charge is 0.375 e. The van der Waals surface area contributed by atoms with E-state index in [2.05, 4.69) is 44.8 Å². The molecule has 2 fully saturated rings. The Morgan fingerprint density at radius 3 is 2.40 bits per heavy atom. The first-order valence-corrected chi connectivity index (χ1v) is 9.63. The maximum Gasteiger partial charge on any atom is 0.0713 e. The van der Waals surface area contributed by atoms with Crippen LogP contribution in [0.5, 0.6) is 0 Å². The Balaban J connectivity index is 1.83. The predicted octanol–water partition coefficient (Wildman–Crippen LogP) is 3.95. The van der Waals surface area contributed by atoms with Gasteiger partial charge < -0.3 is 10.1 Å². The van der Waals surface area contributed by atoms with Crippen molar-refractivity contribution in [3.05, 3.63) is 0 Å². The van der Waals surface area contributed by atoms with Crippen LogP contribution < -0.4 is 5.32 Å². The second kappa shape index (κ2) is 7.51. The molecule has 0 amide bonds. The standard InChI is InChI=1S/C17H33NOS/c1-13(2)16(14(3)4)12-18-15-5-8-19-17(11-15)6-9-20-10-7-17/h13-16,18H,5-12H2,1-4H3. The normalized spacial score (nSPS) is 26.9. The third-order valence-electron chi connectivity index (χ3n) is 5.25. The lowest BCUT2D eigenvalue weighted by Crippen LogP contribution is -2.50. The number of rotatable bonds is 5. The lowest BCUT2D eigenvalue weighted by atomic mass is 9.83. The fraction of sp³-hybridized carbons (Fsp3) is 1.00.